The number of methoxy groups -OCH3 is 2. The van der Waals surface area contributed by atoms with E-state index in [-0.39, 0.29) is 51.7 Å². The highest BCUT2D eigenvalue weighted by atomic mass is 32.2. The third kappa shape index (κ3) is 7.02. The van der Waals surface area contributed by atoms with Gasteiger partial charge in [-0.1, -0.05) is 49.0 Å². The van der Waals surface area contributed by atoms with Crippen LogP contribution in [0.2, 0.25) is 0 Å². The Hall–Kier alpha value is -4.43. The van der Waals surface area contributed by atoms with Gasteiger partial charge in [-0.2, -0.15) is 0 Å². The highest BCUT2D eigenvalue weighted by Gasteiger charge is 2.39. The molecular weight excluding hydrogens is 648 g/mol. The lowest BCUT2D eigenvalue weighted by Crippen LogP contribution is -2.52. The van der Waals surface area contributed by atoms with Crippen molar-refractivity contribution in [1.82, 2.24) is 19.8 Å². The second-order valence-electron chi connectivity index (χ2n) is 12.5. The van der Waals surface area contributed by atoms with E-state index < -0.39 is 12.0 Å². The number of benzene rings is 2. The van der Waals surface area contributed by atoms with Gasteiger partial charge in [-0.05, 0) is 25.7 Å². The molecule has 260 valence electrons. The zero-order valence-corrected chi connectivity index (χ0v) is 28.9. The Morgan fingerprint density at radius 2 is 1.76 bits per heavy atom. The largest absolute Gasteiger partial charge is 0.493 e. The average Bonchev–Trinajstić information content (AvgIpc) is 3.86. The first-order chi connectivity index (χ1) is 23.7. The van der Waals surface area contributed by atoms with E-state index in [1.165, 1.54) is 14.2 Å². The van der Waals surface area contributed by atoms with Gasteiger partial charge in [-0.25, -0.2) is 9.97 Å². The van der Waals surface area contributed by atoms with Gasteiger partial charge >= 0.3 is 0 Å². The molecule has 0 spiro atoms. The molecule has 3 aliphatic rings. The number of likely N-dealkylation sites (tertiary alicyclic amines) is 1. The van der Waals surface area contributed by atoms with Crippen LogP contribution in [0, 0.1) is 5.92 Å². The Labute approximate surface area is 289 Å². The van der Waals surface area contributed by atoms with E-state index >= 15 is 0 Å². The minimum absolute atomic E-state index is 0.0000960. The molecule has 3 aromatic rings. The zero-order valence-electron chi connectivity index (χ0n) is 28.1. The molecule has 3 fully saturated rings. The lowest BCUT2D eigenvalue weighted by Gasteiger charge is -2.36. The number of carbonyl (C=O) groups excluding carboxylic acids is 4. The number of aromatic nitrogens is 2. The van der Waals surface area contributed by atoms with Gasteiger partial charge < -0.3 is 34.6 Å². The summed E-state index contributed by atoms with van der Waals surface area (Å²) in [6.07, 6.45) is 2.33. The van der Waals surface area contributed by atoms with Crippen molar-refractivity contribution in [3.8, 4) is 11.5 Å². The fraction of sp³-hybridized carbons (Fsp3) is 0.486. The number of piperazine rings is 1. The van der Waals surface area contributed by atoms with Crippen molar-refractivity contribution in [1.29, 1.82) is 0 Å². The summed E-state index contributed by atoms with van der Waals surface area (Å²) in [4.78, 5) is 68.9. The summed E-state index contributed by atoms with van der Waals surface area (Å²) < 4.78 is 16.7. The van der Waals surface area contributed by atoms with E-state index in [9.17, 15) is 19.2 Å². The number of anilines is 2. The summed E-state index contributed by atoms with van der Waals surface area (Å²) in [6.45, 7) is 4.65. The standard InChI is InChI=1S/C35H42N6O7S/c1-21(20-49-34(45)22-9-5-4-6-10-22)32(43)41-13-7-11-24(41)30(42)29-27-23(19-26(46-2)31(47-3)28(27)36)37-35(38-29)40-16-14-39(15-17-40)33(44)25-12-8-18-48-25/h4-6,9-10,19,21,24-25H,7-8,11-18,20,36H2,1-3H3/t21?,24-,25?/m0/s1. The predicted octanol–water partition coefficient (Wildman–Crippen LogP) is 3.44. The van der Waals surface area contributed by atoms with Gasteiger partial charge in [-0.15, -0.1) is 0 Å². The summed E-state index contributed by atoms with van der Waals surface area (Å²) in [5.41, 5.74) is 7.87. The number of ketones is 1. The number of nitrogens with zero attached hydrogens (tertiary/aromatic N) is 5. The normalized spacial score (nSPS) is 20.0. The Morgan fingerprint density at radius 1 is 1.00 bits per heavy atom. The van der Waals surface area contributed by atoms with E-state index in [2.05, 4.69) is 0 Å². The Balaban J connectivity index is 1.26. The van der Waals surface area contributed by atoms with E-state index in [0.717, 1.165) is 24.6 Å². The number of hydrogen-bond donors (Lipinski definition) is 1. The molecule has 3 aliphatic heterocycles. The maximum Gasteiger partial charge on any atom is 0.251 e. The van der Waals surface area contributed by atoms with E-state index in [0.29, 0.717) is 80.3 Å². The molecule has 0 saturated carbocycles. The predicted molar refractivity (Wildman–Crippen MR) is 186 cm³/mol. The molecule has 6 rings (SSSR count). The van der Waals surface area contributed by atoms with Crippen molar-refractivity contribution in [3.63, 3.8) is 0 Å². The molecule has 1 aromatic heterocycles. The summed E-state index contributed by atoms with van der Waals surface area (Å²) in [6, 6.07) is 9.86. The number of fused-ring (bicyclic) bond motifs is 1. The number of nitrogen functional groups attached to an aromatic ring is 1. The van der Waals surface area contributed by atoms with Crippen LogP contribution >= 0.6 is 11.8 Å². The van der Waals surface area contributed by atoms with Gasteiger partial charge in [-0.3, -0.25) is 19.2 Å². The molecule has 2 amide bonds. The maximum atomic E-state index is 14.5. The van der Waals surface area contributed by atoms with Crippen LogP contribution in [0.25, 0.3) is 10.9 Å². The van der Waals surface area contributed by atoms with Crippen LogP contribution in [0.1, 0.15) is 53.5 Å². The highest BCUT2D eigenvalue weighted by Crippen LogP contribution is 2.41. The molecule has 2 unspecified atom stereocenters. The number of ether oxygens (including phenoxy) is 3. The average molecular weight is 691 g/mol. The number of carbonyl (C=O) groups is 4. The van der Waals surface area contributed by atoms with Crippen molar-refractivity contribution in [2.24, 2.45) is 5.92 Å². The smallest absolute Gasteiger partial charge is 0.251 e. The molecule has 2 aromatic carbocycles. The third-order valence-electron chi connectivity index (χ3n) is 9.40. The van der Waals surface area contributed by atoms with Crippen LogP contribution < -0.4 is 20.1 Å². The van der Waals surface area contributed by atoms with Gasteiger partial charge in [0.1, 0.15) is 11.8 Å². The molecule has 3 saturated heterocycles. The van der Waals surface area contributed by atoms with Crippen LogP contribution in [-0.4, -0.2) is 114 Å². The number of hydrogen-bond acceptors (Lipinski definition) is 12. The van der Waals surface area contributed by atoms with Crippen molar-refractivity contribution in [2.75, 3.05) is 69.9 Å². The number of rotatable bonds is 10. The van der Waals surface area contributed by atoms with Crippen LogP contribution in [0.15, 0.2) is 36.4 Å². The zero-order chi connectivity index (χ0) is 34.7. The van der Waals surface area contributed by atoms with E-state index in [1.54, 1.807) is 47.1 Å². The number of thioether (sulfide) groups is 1. The first-order valence-electron chi connectivity index (χ1n) is 16.7. The molecule has 0 aliphatic carbocycles. The summed E-state index contributed by atoms with van der Waals surface area (Å²) in [5, 5.41) is 0.223. The summed E-state index contributed by atoms with van der Waals surface area (Å²) >= 11 is 1.10. The summed E-state index contributed by atoms with van der Waals surface area (Å²) in [5.74, 6) is 0.202. The minimum Gasteiger partial charge on any atom is -0.493 e. The van der Waals surface area contributed by atoms with E-state index in [4.69, 9.17) is 29.9 Å². The monoisotopic (exact) mass is 690 g/mol. The molecule has 2 N–H and O–H groups in total. The van der Waals surface area contributed by atoms with Gasteiger partial charge in [0, 0.05) is 62.6 Å². The van der Waals surface area contributed by atoms with E-state index in [1.807, 2.05) is 11.0 Å². The van der Waals surface area contributed by atoms with Crippen LogP contribution in [-0.2, 0) is 14.3 Å². The molecule has 13 nitrogen and oxygen atoms in total. The molecule has 49 heavy (non-hydrogen) atoms. The van der Waals surface area contributed by atoms with Crippen molar-refractivity contribution in [3.05, 3.63) is 47.7 Å². The number of Topliss-reactive ketones (excluding diaryl/α,β-unsaturated/α-hetero) is 1. The molecule has 4 heterocycles. The lowest BCUT2D eigenvalue weighted by molar-refractivity contribution is -0.141. The Morgan fingerprint density at radius 3 is 2.43 bits per heavy atom. The van der Waals surface area contributed by atoms with Gasteiger partial charge in [0.15, 0.2) is 11.5 Å². The van der Waals surface area contributed by atoms with Gasteiger partial charge in [0.05, 0.1) is 36.9 Å². The van der Waals surface area contributed by atoms with Gasteiger partial charge in [0.2, 0.25) is 22.8 Å². The molecule has 3 atom stereocenters. The molecule has 14 heteroatoms. The molecule has 0 radical (unpaired) electrons. The Kier molecular flexibility index (Phi) is 10.5. The maximum absolute atomic E-state index is 14.5. The number of amides is 2. The van der Waals surface area contributed by atoms with Crippen molar-refractivity contribution >= 4 is 57.0 Å². The van der Waals surface area contributed by atoms with Gasteiger partial charge in [0.25, 0.3) is 5.91 Å². The van der Waals surface area contributed by atoms with Crippen molar-refractivity contribution in [2.45, 2.75) is 44.8 Å². The first-order valence-corrected chi connectivity index (χ1v) is 17.6. The summed E-state index contributed by atoms with van der Waals surface area (Å²) in [7, 11) is 2.96. The van der Waals surface area contributed by atoms with Crippen LogP contribution in [0.5, 0.6) is 11.5 Å². The SMILES string of the molecule is COc1cc2nc(N3CCN(C(=O)C4CCCO4)CC3)nc(C(=O)[C@@H]3CCCN3C(=O)C(C)CSC(=O)c3ccccc3)c2c(N)c1OC. The van der Waals surface area contributed by atoms with Crippen LogP contribution in [0.3, 0.4) is 0 Å². The minimum atomic E-state index is -0.760. The fourth-order valence-electron chi connectivity index (χ4n) is 6.73. The van der Waals surface area contributed by atoms with Crippen molar-refractivity contribution < 1.29 is 33.4 Å². The number of nitrogens with two attached hydrogens (primary N) is 1. The third-order valence-corrected chi connectivity index (χ3v) is 10.6. The molecule has 0 bridgehead atoms. The van der Waals surface area contributed by atoms with Crippen LogP contribution in [0.4, 0.5) is 11.6 Å². The fourth-order valence-corrected chi connectivity index (χ4v) is 7.58. The lowest BCUT2D eigenvalue weighted by atomic mass is 10.0. The molecular formula is C35H42N6O7S. The Bertz CT molecular complexity index is 1730. The second-order valence-corrected chi connectivity index (χ2v) is 13.5. The first kappa shape index (κ1) is 34.4. The highest BCUT2D eigenvalue weighted by molar-refractivity contribution is 8.14. The topological polar surface area (TPSA) is 157 Å². The quantitative estimate of drug-likeness (QED) is 0.245. The second kappa shape index (κ2) is 15.0.